The van der Waals surface area contributed by atoms with Gasteiger partial charge in [-0.2, -0.15) is 0 Å². The molecule has 0 unspecified atom stereocenters. The van der Waals surface area contributed by atoms with Gasteiger partial charge in [0.05, 0.1) is 6.10 Å². The normalized spacial score (nSPS) is 17.9. The van der Waals surface area contributed by atoms with Crippen molar-refractivity contribution in [1.29, 1.82) is 0 Å². The van der Waals surface area contributed by atoms with Crippen LogP contribution in [0, 0.1) is 13.8 Å². The first kappa shape index (κ1) is 23.6. The first-order valence-corrected chi connectivity index (χ1v) is 11.3. The zero-order valence-corrected chi connectivity index (χ0v) is 19.1. The molecule has 1 aliphatic heterocycles. The average Bonchev–Trinajstić information content (AvgIpc) is 2.73. The summed E-state index contributed by atoms with van der Waals surface area (Å²) >= 11 is 0. The summed E-state index contributed by atoms with van der Waals surface area (Å²) in [4.78, 5) is 24.8. The van der Waals surface area contributed by atoms with Gasteiger partial charge in [-0.15, -0.1) is 0 Å². The van der Waals surface area contributed by atoms with Gasteiger partial charge < -0.3 is 14.6 Å². The largest absolute Gasteiger partial charge is 0.507 e. The van der Waals surface area contributed by atoms with E-state index in [0.717, 1.165) is 23.1 Å². The zero-order valence-electron chi connectivity index (χ0n) is 19.1. The van der Waals surface area contributed by atoms with Gasteiger partial charge in [-0.1, -0.05) is 35.9 Å². The molecule has 0 spiro atoms. The van der Waals surface area contributed by atoms with Crippen molar-refractivity contribution in [3.05, 3.63) is 64.2 Å². The number of ketones is 1. The van der Waals surface area contributed by atoms with Crippen molar-refractivity contribution < 1.29 is 24.2 Å². The number of hydrogen-bond donors (Lipinski definition) is 1. The first-order valence-electron chi connectivity index (χ1n) is 11.3. The van der Waals surface area contributed by atoms with Crippen LogP contribution in [0.2, 0.25) is 0 Å². The molecule has 0 saturated heterocycles. The Bertz CT molecular complexity index is 1010. The SMILES string of the molecule is Cc1ccc(C)c(COc2cc(O)c3c(c2)C=CCCCC(=O)CCC[C@H](C)OC3=O)c1. The fourth-order valence-corrected chi connectivity index (χ4v) is 3.82. The smallest absolute Gasteiger partial charge is 0.342 e. The number of aromatic hydroxyl groups is 1. The Morgan fingerprint density at radius 2 is 1.88 bits per heavy atom. The fraction of sp³-hybridized carbons (Fsp3) is 0.407. The van der Waals surface area contributed by atoms with Gasteiger partial charge in [0, 0.05) is 18.9 Å². The number of allylic oxidation sites excluding steroid dienone is 1. The van der Waals surface area contributed by atoms with Crippen molar-refractivity contribution in [3.63, 3.8) is 0 Å². The summed E-state index contributed by atoms with van der Waals surface area (Å²) in [6.45, 7) is 6.23. The molecular formula is C27H32O5. The highest BCUT2D eigenvalue weighted by Crippen LogP contribution is 2.31. The highest BCUT2D eigenvalue weighted by atomic mass is 16.5. The van der Waals surface area contributed by atoms with E-state index in [0.29, 0.717) is 50.0 Å². The summed E-state index contributed by atoms with van der Waals surface area (Å²) < 4.78 is 11.5. The summed E-state index contributed by atoms with van der Waals surface area (Å²) in [6, 6.07) is 9.40. The molecule has 3 rings (SSSR count). The lowest BCUT2D eigenvalue weighted by Gasteiger charge is -2.17. The van der Waals surface area contributed by atoms with Gasteiger partial charge in [-0.25, -0.2) is 4.79 Å². The maximum atomic E-state index is 12.8. The molecule has 2 aromatic rings. The van der Waals surface area contributed by atoms with Gasteiger partial charge in [0.15, 0.2) is 0 Å². The van der Waals surface area contributed by atoms with Crippen molar-refractivity contribution in [2.75, 3.05) is 0 Å². The number of fused-ring (bicyclic) bond motifs is 1. The van der Waals surface area contributed by atoms with Crippen molar-refractivity contribution >= 4 is 17.8 Å². The van der Waals surface area contributed by atoms with E-state index < -0.39 is 5.97 Å². The second-order valence-electron chi connectivity index (χ2n) is 8.57. The number of phenolic OH excluding ortho intramolecular Hbond substituents is 1. The quantitative estimate of drug-likeness (QED) is 0.591. The molecule has 0 radical (unpaired) electrons. The minimum Gasteiger partial charge on any atom is -0.507 e. The molecule has 2 aromatic carbocycles. The van der Waals surface area contributed by atoms with Crippen LogP contribution in [-0.2, 0) is 16.1 Å². The number of carbonyl (C=O) groups excluding carboxylic acids is 2. The lowest BCUT2D eigenvalue weighted by molar-refractivity contribution is -0.119. The number of carbonyl (C=O) groups is 2. The summed E-state index contributed by atoms with van der Waals surface area (Å²) in [7, 11) is 0. The molecule has 0 saturated carbocycles. The maximum Gasteiger partial charge on any atom is 0.342 e. The monoisotopic (exact) mass is 436 g/mol. The van der Waals surface area contributed by atoms with Crippen LogP contribution >= 0.6 is 0 Å². The summed E-state index contributed by atoms with van der Waals surface area (Å²) in [5.74, 6) is -0.0141. The third-order valence-electron chi connectivity index (χ3n) is 5.72. The molecule has 0 amide bonds. The van der Waals surface area contributed by atoms with Crippen LogP contribution in [0.25, 0.3) is 6.08 Å². The van der Waals surface area contributed by atoms with Gasteiger partial charge in [0.25, 0.3) is 0 Å². The van der Waals surface area contributed by atoms with Crippen LogP contribution in [-0.4, -0.2) is 23.0 Å². The molecule has 5 heteroatoms. The predicted octanol–water partition coefficient (Wildman–Crippen LogP) is 6.07. The van der Waals surface area contributed by atoms with Gasteiger partial charge in [0.1, 0.15) is 29.5 Å². The number of hydrogen-bond acceptors (Lipinski definition) is 5. The lowest BCUT2D eigenvalue weighted by Crippen LogP contribution is -2.17. The summed E-state index contributed by atoms with van der Waals surface area (Å²) in [5.41, 5.74) is 4.03. The number of esters is 1. The Balaban J connectivity index is 1.87. The molecule has 32 heavy (non-hydrogen) atoms. The first-order chi connectivity index (χ1) is 15.3. The minimum atomic E-state index is -0.570. The van der Waals surface area contributed by atoms with Crippen molar-refractivity contribution in [1.82, 2.24) is 0 Å². The van der Waals surface area contributed by atoms with E-state index in [-0.39, 0.29) is 23.2 Å². The molecule has 1 N–H and O–H groups in total. The maximum absolute atomic E-state index is 12.8. The molecule has 1 heterocycles. The summed E-state index contributed by atoms with van der Waals surface area (Å²) in [5, 5.41) is 10.7. The molecule has 0 bridgehead atoms. The number of Topliss-reactive ketones (excluding diaryl/α,β-unsaturated/α-hetero) is 1. The highest BCUT2D eigenvalue weighted by Gasteiger charge is 2.21. The molecular weight excluding hydrogens is 404 g/mol. The van der Waals surface area contributed by atoms with Crippen LogP contribution in [0.15, 0.2) is 36.4 Å². The van der Waals surface area contributed by atoms with E-state index in [9.17, 15) is 14.7 Å². The fourth-order valence-electron chi connectivity index (χ4n) is 3.82. The van der Waals surface area contributed by atoms with Crippen molar-refractivity contribution in [2.24, 2.45) is 0 Å². The molecule has 0 aromatic heterocycles. The third-order valence-corrected chi connectivity index (χ3v) is 5.72. The topological polar surface area (TPSA) is 72.8 Å². The van der Waals surface area contributed by atoms with Crippen LogP contribution in [0.4, 0.5) is 0 Å². The van der Waals surface area contributed by atoms with Crippen LogP contribution in [0.5, 0.6) is 11.5 Å². The van der Waals surface area contributed by atoms with E-state index in [4.69, 9.17) is 9.47 Å². The molecule has 0 fully saturated rings. The van der Waals surface area contributed by atoms with Gasteiger partial charge in [-0.05, 0) is 69.2 Å². The van der Waals surface area contributed by atoms with Crippen LogP contribution < -0.4 is 4.74 Å². The Kier molecular flexibility index (Phi) is 8.09. The van der Waals surface area contributed by atoms with E-state index in [1.54, 1.807) is 12.1 Å². The van der Waals surface area contributed by atoms with E-state index in [1.165, 1.54) is 6.07 Å². The number of ether oxygens (including phenoxy) is 2. The Morgan fingerprint density at radius 3 is 2.69 bits per heavy atom. The van der Waals surface area contributed by atoms with E-state index >= 15 is 0 Å². The van der Waals surface area contributed by atoms with Gasteiger partial charge >= 0.3 is 5.97 Å². The van der Waals surface area contributed by atoms with Crippen molar-refractivity contribution in [3.8, 4) is 11.5 Å². The molecule has 5 nitrogen and oxygen atoms in total. The molecule has 0 aliphatic carbocycles. The standard InChI is InChI=1S/C27H32O5/c1-18-12-13-19(2)22(14-18)17-31-24-15-21-9-5-4-6-10-23(28)11-7-8-20(3)32-27(30)26(21)25(29)16-24/h5,9,12-16,20,29H,4,6-8,10-11,17H2,1-3H3/t20-/m0/s1. The Labute approximate surface area is 190 Å². The minimum absolute atomic E-state index is 0.139. The number of cyclic esters (lactones) is 1. The van der Waals surface area contributed by atoms with Crippen molar-refractivity contribution in [2.45, 2.75) is 72.0 Å². The number of benzene rings is 2. The molecule has 170 valence electrons. The van der Waals surface area contributed by atoms with Gasteiger partial charge in [0.2, 0.25) is 0 Å². The molecule has 1 aliphatic rings. The average molecular weight is 437 g/mol. The van der Waals surface area contributed by atoms with Crippen LogP contribution in [0.1, 0.15) is 78.1 Å². The number of rotatable bonds is 3. The Morgan fingerprint density at radius 1 is 1.09 bits per heavy atom. The molecule has 1 atom stereocenters. The van der Waals surface area contributed by atoms with E-state index in [1.807, 2.05) is 26.8 Å². The third kappa shape index (κ3) is 6.46. The Hall–Kier alpha value is -3.08. The summed E-state index contributed by atoms with van der Waals surface area (Å²) in [6.07, 6.45) is 7.21. The second-order valence-corrected chi connectivity index (χ2v) is 8.57. The number of phenols is 1. The van der Waals surface area contributed by atoms with E-state index in [2.05, 4.69) is 18.2 Å². The predicted molar refractivity (Wildman–Crippen MR) is 125 cm³/mol. The number of aryl methyl sites for hydroxylation is 2. The highest BCUT2D eigenvalue weighted by molar-refractivity contribution is 5.97. The zero-order chi connectivity index (χ0) is 23.1. The van der Waals surface area contributed by atoms with Crippen LogP contribution in [0.3, 0.4) is 0 Å². The van der Waals surface area contributed by atoms with Gasteiger partial charge in [-0.3, -0.25) is 4.79 Å². The second kappa shape index (κ2) is 11.0. The lowest BCUT2D eigenvalue weighted by atomic mass is 10.0.